The van der Waals surface area contributed by atoms with Crippen molar-refractivity contribution in [2.75, 3.05) is 0 Å². The van der Waals surface area contributed by atoms with Crippen LogP contribution in [0.2, 0.25) is 5.15 Å². The van der Waals surface area contributed by atoms with Crippen LogP contribution in [-0.4, -0.2) is 34.6 Å². The third-order valence-electron chi connectivity index (χ3n) is 5.40. The Morgan fingerprint density at radius 3 is 2.50 bits per heavy atom. The van der Waals surface area contributed by atoms with Crippen LogP contribution in [0, 0.1) is 5.82 Å². The van der Waals surface area contributed by atoms with Crippen LogP contribution in [0.4, 0.5) is 17.6 Å². The molecule has 0 bridgehead atoms. The molecule has 3 aromatic heterocycles. The first kappa shape index (κ1) is 23.9. The zero-order chi connectivity index (χ0) is 24.9. The first-order valence-corrected chi connectivity index (χ1v) is 10.6. The summed E-state index contributed by atoms with van der Waals surface area (Å²) in [5.41, 5.74) is -1.98. The molecule has 3 heterocycles. The van der Waals surface area contributed by atoms with E-state index in [0.717, 1.165) is 10.7 Å². The van der Waals surface area contributed by atoms with E-state index in [9.17, 15) is 23.1 Å². The van der Waals surface area contributed by atoms with Crippen molar-refractivity contribution in [1.82, 2.24) is 29.5 Å². The lowest BCUT2D eigenvalue weighted by Gasteiger charge is -2.15. The molecule has 4 aromatic rings. The predicted octanol–water partition coefficient (Wildman–Crippen LogP) is 4.42. The molecular formula is C21H19ClF4N6O2. The number of aliphatic hydroxyl groups excluding tert-OH is 1. The zero-order valence-corrected chi connectivity index (χ0v) is 19.0. The Morgan fingerprint density at radius 1 is 1.24 bits per heavy atom. The second-order valence-corrected chi connectivity index (χ2v) is 8.22. The zero-order valence-electron chi connectivity index (χ0n) is 18.2. The van der Waals surface area contributed by atoms with Crippen molar-refractivity contribution in [1.29, 1.82) is 0 Å². The van der Waals surface area contributed by atoms with Gasteiger partial charge in [0.2, 0.25) is 0 Å². The molecule has 2 N–H and O–H groups in total. The highest BCUT2D eigenvalue weighted by Crippen LogP contribution is 2.40. The molecule has 0 fully saturated rings. The number of aliphatic hydroxyl groups is 1. The number of halogens is 5. The Kier molecular flexibility index (Phi) is 5.98. The Morgan fingerprint density at radius 2 is 1.94 bits per heavy atom. The lowest BCUT2D eigenvalue weighted by molar-refractivity contribution is -0.140. The van der Waals surface area contributed by atoms with E-state index < -0.39 is 35.5 Å². The molecular weight excluding hydrogens is 480 g/mol. The number of fused-ring (bicyclic) bond motifs is 1. The number of hydrogen-bond donors (Lipinski definition) is 2. The first-order valence-electron chi connectivity index (χ1n) is 10.2. The summed E-state index contributed by atoms with van der Waals surface area (Å²) in [7, 11) is 0. The predicted molar refractivity (Wildman–Crippen MR) is 116 cm³/mol. The maximum Gasteiger partial charge on any atom is 0.435 e. The highest BCUT2D eigenvalue weighted by molar-refractivity contribution is 6.32. The van der Waals surface area contributed by atoms with E-state index in [1.807, 2.05) is 13.8 Å². The number of H-pyrrole nitrogens is 1. The highest BCUT2D eigenvalue weighted by atomic mass is 35.5. The Balaban J connectivity index is 2.00. The maximum absolute atomic E-state index is 15.2. The van der Waals surface area contributed by atoms with Gasteiger partial charge in [-0.2, -0.15) is 23.0 Å². The summed E-state index contributed by atoms with van der Waals surface area (Å²) in [5.74, 6) is -1.01. The molecule has 0 atom stereocenters. The van der Waals surface area contributed by atoms with Crippen molar-refractivity contribution in [3.8, 4) is 16.9 Å². The summed E-state index contributed by atoms with van der Waals surface area (Å²) in [4.78, 5) is 16.9. The summed E-state index contributed by atoms with van der Waals surface area (Å²) in [6.45, 7) is 5.01. The molecule has 0 amide bonds. The molecule has 0 spiro atoms. The lowest BCUT2D eigenvalue weighted by Crippen LogP contribution is -2.24. The average Bonchev–Trinajstić information content (AvgIpc) is 3.31. The van der Waals surface area contributed by atoms with Gasteiger partial charge in [0, 0.05) is 18.0 Å². The van der Waals surface area contributed by atoms with E-state index in [2.05, 4.69) is 20.3 Å². The second kappa shape index (κ2) is 8.51. The van der Waals surface area contributed by atoms with Crippen molar-refractivity contribution in [2.45, 2.75) is 46.0 Å². The van der Waals surface area contributed by atoms with Crippen molar-refractivity contribution in [3.05, 3.63) is 56.7 Å². The summed E-state index contributed by atoms with van der Waals surface area (Å²) < 4.78 is 57.6. The van der Waals surface area contributed by atoms with E-state index in [0.29, 0.717) is 10.9 Å². The summed E-state index contributed by atoms with van der Waals surface area (Å²) in [5, 5.41) is 19.0. The number of rotatable bonds is 5. The average molecular weight is 499 g/mol. The number of aromatic amines is 1. The van der Waals surface area contributed by atoms with Crippen LogP contribution in [-0.2, 0) is 19.3 Å². The molecule has 0 aliphatic rings. The third-order valence-corrected chi connectivity index (χ3v) is 5.68. The van der Waals surface area contributed by atoms with Gasteiger partial charge in [-0.3, -0.25) is 9.67 Å². The van der Waals surface area contributed by atoms with Gasteiger partial charge >= 0.3 is 11.9 Å². The molecule has 0 radical (unpaired) electrons. The van der Waals surface area contributed by atoms with Crippen molar-refractivity contribution < 1.29 is 22.7 Å². The monoisotopic (exact) mass is 498 g/mol. The van der Waals surface area contributed by atoms with E-state index in [4.69, 9.17) is 11.6 Å². The Bertz CT molecular complexity index is 1450. The SMILES string of the molecule is CCn1c(CO)nn(-c2cc3c(C(C)C)cc(-c4c(C(F)(F)F)n[nH]c4Cl)nc3cc2F)c1=O. The topological polar surface area (TPSA) is 102 Å². The van der Waals surface area contributed by atoms with E-state index >= 15 is 4.39 Å². The number of aromatic nitrogens is 6. The van der Waals surface area contributed by atoms with Crippen molar-refractivity contribution >= 4 is 22.5 Å². The molecule has 0 aliphatic carbocycles. The van der Waals surface area contributed by atoms with Gasteiger partial charge in [0.05, 0.1) is 16.8 Å². The molecule has 1 aromatic carbocycles. The van der Waals surface area contributed by atoms with Crippen LogP contribution in [0.3, 0.4) is 0 Å². The lowest BCUT2D eigenvalue weighted by atomic mass is 9.96. The van der Waals surface area contributed by atoms with Crippen LogP contribution >= 0.6 is 11.6 Å². The van der Waals surface area contributed by atoms with Gasteiger partial charge in [-0.25, -0.2) is 14.2 Å². The third kappa shape index (κ3) is 3.86. The molecule has 180 valence electrons. The molecule has 0 saturated heterocycles. The van der Waals surface area contributed by atoms with Gasteiger partial charge in [-0.15, -0.1) is 5.10 Å². The van der Waals surface area contributed by atoms with Gasteiger partial charge in [0.25, 0.3) is 0 Å². The number of alkyl halides is 3. The minimum atomic E-state index is -4.79. The standard InChI is InChI=1S/C21H19ClF4N6O2/c1-4-31-16(8-33)30-32(20(31)34)15-6-11-10(9(2)3)5-14(27-13(11)7-12(15)23)17-18(21(24,25)26)28-29-19(17)22/h5-7,9,33H,4,8H2,1-3H3,(H,28,29). The van der Waals surface area contributed by atoms with Gasteiger partial charge < -0.3 is 5.11 Å². The fourth-order valence-corrected chi connectivity index (χ4v) is 4.05. The molecule has 0 unspecified atom stereocenters. The van der Waals surface area contributed by atoms with Gasteiger partial charge in [-0.1, -0.05) is 25.4 Å². The number of benzene rings is 1. The second-order valence-electron chi connectivity index (χ2n) is 7.84. The fourth-order valence-electron chi connectivity index (χ4n) is 3.82. The van der Waals surface area contributed by atoms with Gasteiger partial charge in [-0.05, 0) is 30.5 Å². The molecule has 4 rings (SSSR count). The van der Waals surface area contributed by atoms with E-state index in [1.165, 1.54) is 16.7 Å². The number of nitrogens with one attached hydrogen (secondary N) is 1. The van der Waals surface area contributed by atoms with E-state index in [1.54, 1.807) is 6.92 Å². The Hall–Kier alpha value is -3.25. The largest absolute Gasteiger partial charge is 0.435 e. The minimum absolute atomic E-state index is 0.0678. The fraction of sp³-hybridized carbons (Fsp3) is 0.333. The minimum Gasteiger partial charge on any atom is -0.388 e. The summed E-state index contributed by atoms with van der Waals surface area (Å²) in [6.07, 6.45) is -4.79. The smallest absolute Gasteiger partial charge is 0.388 e. The number of hydrogen-bond acceptors (Lipinski definition) is 5. The van der Waals surface area contributed by atoms with Crippen molar-refractivity contribution in [3.63, 3.8) is 0 Å². The van der Waals surface area contributed by atoms with Crippen LogP contribution in [0.15, 0.2) is 23.0 Å². The van der Waals surface area contributed by atoms with Gasteiger partial charge in [0.1, 0.15) is 17.4 Å². The molecule has 13 heteroatoms. The number of pyridine rings is 1. The number of nitrogens with zero attached hydrogens (tertiary/aromatic N) is 5. The Labute approximate surface area is 194 Å². The van der Waals surface area contributed by atoms with Crippen LogP contribution < -0.4 is 5.69 Å². The van der Waals surface area contributed by atoms with Crippen molar-refractivity contribution in [2.24, 2.45) is 0 Å². The van der Waals surface area contributed by atoms with Crippen LogP contribution in [0.1, 0.15) is 43.8 Å². The van der Waals surface area contributed by atoms with Crippen LogP contribution in [0.5, 0.6) is 0 Å². The highest BCUT2D eigenvalue weighted by Gasteiger charge is 2.39. The normalized spacial score (nSPS) is 12.3. The maximum atomic E-state index is 15.2. The first-order chi connectivity index (χ1) is 16.0. The van der Waals surface area contributed by atoms with Gasteiger partial charge in [0.15, 0.2) is 17.3 Å². The quantitative estimate of drug-likeness (QED) is 0.397. The summed E-state index contributed by atoms with van der Waals surface area (Å²) in [6, 6.07) is 3.83. The molecule has 0 aliphatic heterocycles. The molecule has 34 heavy (non-hydrogen) atoms. The summed E-state index contributed by atoms with van der Waals surface area (Å²) >= 11 is 5.97. The molecule has 8 nitrogen and oxygen atoms in total. The molecule has 0 saturated carbocycles. The van der Waals surface area contributed by atoms with Crippen LogP contribution in [0.25, 0.3) is 27.8 Å². The van der Waals surface area contributed by atoms with E-state index in [-0.39, 0.29) is 40.3 Å².